The highest BCUT2D eigenvalue weighted by Crippen LogP contribution is 2.32. The molecule has 114 valence electrons. The lowest BCUT2D eigenvalue weighted by molar-refractivity contribution is -0.123. The van der Waals surface area contributed by atoms with Crippen molar-refractivity contribution < 1.29 is 4.79 Å². The van der Waals surface area contributed by atoms with Crippen molar-refractivity contribution >= 4 is 11.6 Å². The van der Waals surface area contributed by atoms with Crippen LogP contribution >= 0.6 is 0 Å². The summed E-state index contributed by atoms with van der Waals surface area (Å²) in [7, 11) is 0. The van der Waals surface area contributed by atoms with E-state index >= 15 is 0 Å². The van der Waals surface area contributed by atoms with E-state index < -0.39 is 0 Å². The second-order valence-corrected chi connectivity index (χ2v) is 6.70. The molecule has 2 saturated carbocycles. The molecule has 0 spiro atoms. The second kappa shape index (κ2) is 6.61. The van der Waals surface area contributed by atoms with E-state index in [2.05, 4.69) is 12.1 Å². The zero-order chi connectivity index (χ0) is 14.7. The van der Waals surface area contributed by atoms with Crippen LogP contribution in [0.3, 0.4) is 0 Å². The number of para-hydroxylation sites is 1. The highest BCUT2D eigenvalue weighted by molar-refractivity contribution is 5.95. The van der Waals surface area contributed by atoms with Crippen molar-refractivity contribution in [2.24, 2.45) is 17.6 Å². The minimum atomic E-state index is 0.119. The van der Waals surface area contributed by atoms with Crippen LogP contribution in [0.5, 0.6) is 0 Å². The molecule has 2 aliphatic carbocycles. The van der Waals surface area contributed by atoms with E-state index in [1.54, 1.807) is 0 Å². The summed E-state index contributed by atoms with van der Waals surface area (Å²) in [5.74, 6) is 1.10. The molecule has 0 bridgehead atoms. The molecule has 0 saturated heterocycles. The Hall–Kier alpha value is -1.35. The number of rotatable bonds is 4. The smallest absolute Gasteiger partial charge is 0.230 e. The molecule has 2 unspecified atom stereocenters. The van der Waals surface area contributed by atoms with E-state index in [4.69, 9.17) is 5.73 Å². The van der Waals surface area contributed by atoms with Crippen molar-refractivity contribution in [2.45, 2.75) is 51.0 Å². The first-order valence-electron chi connectivity index (χ1n) is 8.36. The first kappa shape index (κ1) is 14.6. The van der Waals surface area contributed by atoms with Gasteiger partial charge in [-0.3, -0.25) is 4.79 Å². The van der Waals surface area contributed by atoms with Gasteiger partial charge in [0.2, 0.25) is 5.91 Å². The summed E-state index contributed by atoms with van der Waals surface area (Å²) in [6.07, 6.45) is 7.85. The van der Waals surface area contributed by atoms with Gasteiger partial charge in [-0.2, -0.15) is 0 Å². The van der Waals surface area contributed by atoms with Crippen LogP contribution in [0.1, 0.15) is 44.9 Å². The third kappa shape index (κ3) is 3.46. The highest BCUT2D eigenvalue weighted by Gasteiger charge is 2.31. The summed E-state index contributed by atoms with van der Waals surface area (Å²) in [6.45, 7) is 0.884. The molecule has 0 aromatic heterocycles. The fourth-order valence-electron chi connectivity index (χ4n) is 3.54. The number of nitrogens with zero attached hydrogens (tertiary/aromatic N) is 1. The molecule has 1 aromatic carbocycles. The van der Waals surface area contributed by atoms with Crippen molar-refractivity contribution in [3.05, 3.63) is 30.3 Å². The Bertz CT molecular complexity index is 469. The normalized spacial score (nSPS) is 26.1. The number of anilines is 1. The Morgan fingerprint density at radius 3 is 2.43 bits per heavy atom. The molecule has 2 fully saturated rings. The van der Waals surface area contributed by atoms with Crippen molar-refractivity contribution in [3.63, 3.8) is 0 Å². The third-order valence-corrected chi connectivity index (χ3v) is 5.06. The largest absolute Gasteiger partial charge is 0.328 e. The average molecular weight is 286 g/mol. The van der Waals surface area contributed by atoms with Crippen LogP contribution < -0.4 is 10.6 Å². The maximum absolute atomic E-state index is 13.0. The van der Waals surface area contributed by atoms with Gasteiger partial charge < -0.3 is 10.6 Å². The Labute approximate surface area is 127 Å². The number of hydrogen-bond acceptors (Lipinski definition) is 2. The molecule has 1 amide bonds. The van der Waals surface area contributed by atoms with Crippen LogP contribution in [0.2, 0.25) is 0 Å². The zero-order valence-corrected chi connectivity index (χ0v) is 12.7. The number of hydrogen-bond donors (Lipinski definition) is 1. The van der Waals surface area contributed by atoms with Crippen LogP contribution in [0.25, 0.3) is 0 Å². The Morgan fingerprint density at radius 2 is 1.81 bits per heavy atom. The fraction of sp³-hybridized carbons (Fsp3) is 0.611. The van der Waals surface area contributed by atoms with Gasteiger partial charge in [0, 0.05) is 24.2 Å². The van der Waals surface area contributed by atoms with Crippen LogP contribution in [0.4, 0.5) is 5.69 Å². The maximum atomic E-state index is 13.0. The highest BCUT2D eigenvalue weighted by atomic mass is 16.2. The van der Waals surface area contributed by atoms with Crippen LogP contribution in [0.15, 0.2) is 30.3 Å². The summed E-state index contributed by atoms with van der Waals surface area (Å²) >= 11 is 0. The number of amides is 1. The van der Waals surface area contributed by atoms with Crippen LogP contribution in [-0.2, 0) is 4.79 Å². The minimum absolute atomic E-state index is 0.119. The Balaban J connectivity index is 1.75. The summed E-state index contributed by atoms with van der Waals surface area (Å²) in [5.41, 5.74) is 7.12. The van der Waals surface area contributed by atoms with Gasteiger partial charge in [0.1, 0.15) is 0 Å². The lowest BCUT2D eigenvalue weighted by Crippen LogP contribution is -2.43. The predicted molar refractivity (Wildman–Crippen MR) is 86.1 cm³/mol. The van der Waals surface area contributed by atoms with Crippen molar-refractivity contribution in [1.82, 2.24) is 0 Å². The van der Waals surface area contributed by atoms with E-state index in [0.29, 0.717) is 11.8 Å². The van der Waals surface area contributed by atoms with Gasteiger partial charge in [-0.15, -0.1) is 0 Å². The molecule has 3 heteroatoms. The summed E-state index contributed by atoms with van der Waals surface area (Å²) in [4.78, 5) is 15.0. The topological polar surface area (TPSA) is 46.3 Å². The summed E-state index contributed by atoms with van der Waals surface area (Å²) in [5, 5.41) is 0. The van der Waals surface area contributed by atoms with Crippen LogP contribution in [0, 0.1) is 11.8 Å². The quantitative estimate of drug-likeness (QED) is 0.922. The van der Waals surface area contributed by atoms with Crippen molar-refractivity contribution in [2.75, 3.05) is 11.4 Å². The average Bonchev–Trinajstić information content (AvgIpc) is 2.46. The molecule has 0 radical (unpaired) electrons. The van der Waals surface area contributed by atoms with Gasteiger partial charge in [0.15, 0.2) is 0 Å². The third-order valence-electron chi connectivity index (χ3n) is 5.06. The second-order valence-electron chi connectivity index (χ2n) is 6.70. The molecule has 0 heterocycles. The minimum Gasteiger partial charge on any atom is -0.328 e. The molecule has 3 rings (SSSR count). The van der Waals surface area contributed by atoms with Gasteiger partial charge in [0.05, 0.1) is 0 Å². The molecule has 2 N–H and O–H groups in total. The van der Waals surface area contributed by atoms with Gasteiger partial charge in [0.25, 0.3) is 0 Å². The van der Waals surface area contributed by atoms with E-state index in [1.165, 1.54) is 19.3 Å². The molecule has 0 aliphatic heterocycles. The van der Waals surface area contributed by atoms with Gasteiger partial charge in [-0.05, 0) is 50.2 Å². The number of carbonyl (C=O) groups is 1. The standard InChI is InChI=1S/C18H26N2O/c19-16-9-5-8-15(12-16)18(21)20(13-14-6-4-7-14)17-10-2-1-3-11-17/h1-3,10-11,14-16H,4-9,12-13,19H2. The van der Waals surface area contributed by atoms with Gasteiger partial charge in [-0.25, -0.2) is 0 Å². The predicted octanol–water partition coefficient (Wildman–Crippen LogP) is 3.34. The van der Waals surface area contributed by atoms with Crippen LogP contribution in [-0.4, -0.2) is 18.5 Å². The fourth-order valence-corrected chi connectivity index (χ4v) is 3.54. The van der Waals surface area contributed by atoms with Crippen molar-refractivity contribution in [3.8, 4) is 0 Å². The van der Waals surface area contributed by atoms with E-state index in [0.717, 1.165) is 37.9 Å². The van der Waals surface area contributed by atoms with Gasteiger partial charge >= 0.3 is 0 Å². The molecule has 2 atom stereocenters. The number of nitrogens with two attached hydrogens (primary N) is 1. The molecular weight excluding hydrogens is 260 g/mol. The molecular formula is C18H26N2O. The molecule has 21 heavy (non-hydrogen) atoms. The summed E-state index contributed by atoms with van der Waals surface area (Å²) in [6, 6.07) is 10.4. The SMILES string of the molecule is NC1CCCC(C(=O)N(CC2CCC2)c2ccccc2)C1. The first-order chi connectivity index (χ1) is 10.2. The Kier molecular flexibility index (Phi) is 4.59. The monoisotopic (exact) mass is 286 g/mol. The summed E-state index contributed by atoms with van der Waals surface area (Å²) < 4.78 is 0. The molecule has 3 nitrogen and oxygen atoms in total. The van der Waals surface area contributed by atoms with E-state index in [1.807, 2.05) is 23.1 Å². The Morgan fingerprint density at radius 1 is 1.10 bits per heavy atom. The zero-order valence-electron chi connectivity index (χ0n) is 12.7. The maximum Gasteiger partial charge on any atom is 0.230 e. The molecule has 1 aromatic rings. The van der Waals surface area contributed by atoms with E-state index in [-0.39, 0.29) is 12.0 Å². The van der Waals surface area contributed by atoms with E-state index in [9.17, 15) is 4.79 Å². The first-order valence-corrected chi connectivity index (χ1v) is 8.36. The number of benzene rings is 1. The molecule has 2 aliphatic rings. The lowest BCUT2D eigenvalue weighted by atomic mass is 9.83. The number of carbonyl (C=O) groups excluding carboxylic acids is 1. The van der Waals surface area contributed by atoms with Gasteiger partial charge in [-0.1, -0.05) is 31.0 Å². The van der Waals surface area contributed by atoms with Crippen molar-refractivity contribution in [1.29, 1.82) is 0 Å². The lowest BCUT2D eigenvalue weighted by Gasteiger charge is -2.36.